The molecule has 26 heavy (non-hydrogen) atoms. The molecule has 0 unspecified atom stereocenters. The molecule has 4 nitrogen and oxygen atoms in total. The van der Waals surface area contributed by atoms with Crippen molar-refractivity contribution in [2.75, 3.05) is 44.2 Å². The highest BCUT2D eigenvalue weighted by molar-refractivity contribution is 6.30. The van der Waals surface area contributed by atoms with E-state index in [1.807, 2.05) is 6.07 Å². The number of nitrogens with one attached hydrogen (secondary N) is 2. The maximum Gasteiger partial charge on any atom is 0.275 e. The predicted molar refractivity (Wildman–Crippen MR) is 108 cm³/mol. The van der Waals surface area contributed by atoms with Gasteiger partial charge in [0.25, 0.3) is 5.91 Å². The molecule has 1 saturated heterocycles. The number of piperazine rings is 1. The van der Waals surface area contributed by atoms with Crippen LogP contribution in [0.25, 0.3) is 0 Å². The summed E-state index contributed by atoms with van der Waals surface area (Å²) in [4.78, 5) is 16.0. The monoisotopic (exact) mass is 376 g/mol. The fourth-order valence-corrected chi connectivity index (χ4v) is 4.11. The number of hydrogen-bond acceptors (Lipinski definition) is 2. The Morgan fingerprint density at radius 1 is 1.27 bits per heavy atom. The fourth-order valence-electron chi connectivity index (χ4n) is 3.95. The van der Waals surface area contributed by atoms with Crippen LogP contribution in [0.4, 0.5) is 5.69 Å². The molecule has 3 rings (SSSR count). The van der Waals surface area contributed by atoms with Crippen molar-refractivity contribution >= 4 is 23.2 Å². The first-order chi connectivity index (χ1) is 12.6. The summed E-state index contributed by atoms with van der Waals surface area (Å²) >= 11 is 6.15. The molecule has 1 aromatic rings. The van der Waals surface area contributed by atoms with E-state index < -0.39 is 0 Å². The van der Waals surface area contributed by atoms with Gasteiger partial charge in [-0.05, 0) is 56.7 Å². The molecule has 0 saturated carbocycles. The lowest BCUT2D eigenvalue weighted by Gasteiger charge is -2.34. The second-order valence-electron chi connectivity index (χ2n) is 7.55. The van der Waals surface area contributed by atoms with Crippen molar-refractivity contribution in [2.24, 2.45) is 0 Å². The number of anilines is 1. The number of allylic oxidation sites excluding steroid dienone is 1. The summed E-state index contributed by atoms with van der Waals surface area (Å²) in [5.74, 6) is 0.184. The Morgan fingerprint density at radius 2 is 2.08 bits per heavy atom. The molecule has 5 heteroatoms. The number of rotatable bonds is 6. The van der Waals surface area contributed by atoms with Crippen LogP contribution in [-0.4, -0.2) is 45.2 Å². The average Bonchev–Trinajstić information content (AvgIpc) is 2.65. The van der Waals surface area contributed by atoms with Crippen LogP contribution < -0.4 is 15.1 Å². The summed E-state index contributed by atoms with van der Waals surface area (Å²) in [6.07, 6.45) is 8.43. The second-order valence-corrected chi connectivity index (χ2v) is 7.99. The van der Waals surface area contributed by atoms with Crippen LogP contribution in [0.5, 0.6) is 0 Å². The smallest absolute Gasteiger partial charge is 0.275 e. The van der Waals surface area contributed by atoms with Crippen molar-refractivity contribution < 1.29 is 9.69 Å². The van der Waals surface area contributed by atoms with Crippen molar-refractivity contribution in [2.45, 2.75) is 39.0 Å². The van der Waals surface area contributed by atoms with Gasteiger partial charge >= 0.3 is 0 Å². The third-order valence-corrected chi connectivity index (χ3v) is 5.78. The second kappa shape index (κ2) is 9.43. The zero-order valence-corrected chi connectivity index (χ0v) is 16.6. The number of carbonyl (C=O) groups is 1. The molecule has 1 heterocycles. The van der Waals surface area contributed by atoms with Gasteiger partial charge in [0.1, 0.15) is 0 Å². The third kappa shape index (κ3) is 5.49. The molecular formula is C21H31ClN3O+. The molecule has 1 aromatic carbocycles. The molecule has 0 aromatic heterocycles. The third-order valence-electron chi connectivity index (χ3n) is 5.55. The SMILES string of the molecule is Cc1ccc(Cl)cc1N1CC[NH+](CC(=O)NCCC2=CCCCC2)CC1. The highest BCUT2D eigenvalue weighted by Gasteiger charge is 2.23. The standard InChI is InChI=1S/C21H30ClN3O/c1-17-7-8-19(22)15-20(17)25-13-11-24(12-14-25)16-21(26)23-10-9-18-5-3-2-4-6-18/h5,7-8,15H,2-4,6,9-14,16H2,1H3,(H,23,26)/p+1. The number of halogens is 1. The van der Waals surface area contributed by atoms with Crippen LogP contribution in [-0.2, 0) is 4.79 Å². The molecule has 0 spiro atoms. The van der Waals surface area contributed by atoms with Gasteiger partial charge in [-0.25, -0.2) is 0 Å². The highest BCUT2D eigenvalue weighted by Crippen LogP contribution is 2.24. The number of hydrogen-bond donors (Lipinski definition) is 2. The summed E-state index contributed by atoms with van der Waals surface area (Å²) in [5.41, 5.74) is 4.00. The topological polar surface area (TPSA) is 36.8 Å². The summed E-state index contributed by atoms with van der Waals surface area (Å²) in [7, 11) is 0. The van der Waals surface area contributed by atoms with Gasteiger partial charge in [0.15, 0.2) is 6.54 Å². The van der Waals surface area contributed by atoms with Crippen LogP contribution in [0.3, 0.4) is 0 Å². The lowest BCUT2D eigenvalue weighted by Crippen LogP contribution is -3.16. The number of quaternary nitrogens is 1. The number of amides is 1. The quantitative estimate of drug-likeness (QED) is 0.748. The average molecular weight is 377 g/mol. The maximum atomic E-state index is 12.2. The van der Waals surface area contributed by atoms with Crippen LogP contribution >= 0.6 is 11.6 Å². The lowest BCUT2D eigenvalue weighted by molar-refractivity contribution is -0.892. The molecule has 1 amide bonds. The highest BCUT2D eigenvalue weighted by atomic mass is 35.5. The van der Waals surface area contributed by atoms with Crippen molar-refractivity contribution in [1.29, 1.82) is 0 Å². The Morgan fingerprint density at radius 3 is 2.81 bits per heavy atom. The minimum atomic E-state index is 0.184. The largest absolute Gasteiger partial charge is 0.360 e. The Hall–Kier alpha value is -1.52. The van der Waals surface area contributed by atoms with E-state index in [4.69, 9.17) is 11.6 Å². The van der Waals surface area contributed by atoms with Crippen molar-refractivity contribution in [3.8, 4) is 0 Å². The Kier molecular flexibility index (Phi) is 6.98. The molecule has 0 atom stereocenters. The van der Waals surface area contributed by atoms with Crippen LogP contribution in [0, 0.1) is 6.92 Å². The molecule has 2 N–H and O–H groups in total. The number of benzene rings is 1. The number of carbonyl (C=O) groups excluding carboxylic acids is 1. The zero-order chi connectivity index (χ0) is 18.4. The van der Waals surface area contributed by atoms with E-state index in [-0.39, 0.29) is 5.91 Å². The zero-order valence-electron chi connectivity index (χ0n) is 15.8. The van der Waals surface area contributed by atoms with Gasteiger partial charge in [-0.3, -0.25) is 4.79 Å². The van der Waals surface area contributed by atoms with E-state index in [1.54, 1.807) is 0 Å². The first kappa shape index (κ1) is 19.2. The van der Waals surface area contributed by atoms with Crippen LogP contribution in [0.15, 0.2) is 29.8 Å². The van der Waals surface area contributed by atoms with Crippen LogP contribution in [0.1, 0.15) is 37.7 Å². The normalized spacial score (nSPS) is 18.5. The minimum Gasteiger partial charge on any atom is -0.360 e. The lowest BCUT2D eigenvalue weighted by atomic mass is 9.97. The van der Waals surface area contributed by atoms with Gasteiger partial charge in [-0.2, -0.15) is 0 Å². The maximum absolute atomic E-state index is 12.2. The fraction of sp³-hybridized carbons (Fsp3) is 0.571. The number of aryl methyl sites for hydroxylation is 1. The van der Waals surface area contributed by atoms with E-state index in [1.165, 1.54) is 47.4 Å². The molecule has 2 aliphatic rings. The summed E-state index contributed by atoms with van der Waals surface area (Å²) in [6.45, 7) is 7.41. The predicted octanol–water partition coefficient (Wildman–Crippen LogP) is 2.36. The van der Waals surface area contributed by atoms with E-state index in [0.29, 0.717) is 6.54 Å². The molecule has 142 valence electrons. The van der Waals surface area contributed by atoms with E-state index >= 15 is 0 Å². The van der Waals surface area contributed by atoms with Crippen molar-refractivity contribution in [3.63, 3.8) is 0 Å². The first-order valence-electron chi connectivity index (χ1n) is 9.91. The molecule has 1 fully saturated rings. The molecule has 1 aliphatic carbocycles. The van der Waals surface area contributed by atoms with Gasteiger partial charge in [0, 0.05) is 17.3 Å². The van der Waals surface area contributed by atoms with E-state index in [9.17, 15) is 4.79 Å². The Labute approximate surface area is 162 Å². The van der Waals surface area contributed by atoms with E-state index in [2.05, 4.69) is 35.3 Å². The molecule has 1 aliphatic heterocycles. The summed E-state index contributed by atoms with van der Waals surface area (Å²) < 4.78 is 0. The Balaban J connectivity index is 1.38. The summed E-state index contributed by atoms with van der Waals surface area (Å²) in [6, 6.07) is 6.07. The van der Waals surface area contributed by atoms with Gasteiger partial charge in [0.2, 0.25) is 0 Å². The minimum absolute atomic E-state index is 0.184. The van der Waals surface area contributed by atoms with Gasteiger partial charge < -0.3 is 15.1 Å². The summed E-state index contributed by atoms with van der Waals surface area (Å²) in [5, 5.41) is 3.89. The Bertz CT molecular complexity index is 651. The van der Waals surface area contributed by atoms with Gasteiger partial charge in [-0.15, -0.1) is 0 Å². The van der Waals surface area contributed by atoms with Gasteiger partial charge in [0.05, 0.1) is 26.2 Å². The van der Waals surface area contributed by atoms with Gasteiger partial charge in [-0.1, -0.05) is 29.3 Å². The van der Waals surface area contributed by atoms with Crippen molar-refractivity contribution in [1.82, 2.24) is 5.32 Å². The van der Waals surface area contributed by atoms with Crippen molar-refractivity contribution in [3.05, 3.63) is 40.4 Å². The first-order valence-corrected chi connectivity index (χ1v) is 10.3. The molecule has 0 bridgehead atoms. The molecular weight excluding hydrogens is 346 g/mol. The van der Waals surface area contributed by atoms with Crippen LogP contribution in [0.2, 0.25) is 5.02 Å². The molecule has 0 radical (unpaired) electrons. The number of nitrogens with zero attached hydrogens (tertiary/aromatic N) is 1. The van der Waals surface area contributed by atoms with E-state index in [0.717, 1.165) is 44.2 Å².